The first-order valence-corrected chi connectivity index (χ1v) is 35.4. The molecule has 10 aromatic rings. The summed E-state index contributed by atoms with van der Waals surface area (Å²) >= 11 is 0. The lowest BCUT2D eigenvalue weighted by Crippen LogP contribution is -2.53. The van der Waals surface area contributed by atoms with E-state index in [1.165, 1.54) is 15.4 Å². The molecule has 2 saturated heterocycles. The molecular weight excluding hydrogens is 1260 g/mol. The van der Waals surface area contributed by atoms with Crippen LogP contribution in [0.15, 0.2) is 132 Å². The highest BCUT2D eigenvalue weighted by molar-refractivity contribution is 6.76. The van der Waals surface area contributed by atoms with Crippen molar-refractivity contribution in [2.75, 3.05) is 55.7 Å². The number of H-pyrrole nitrogens is 1. The van der Waals surface area contributed by atoms with Crippen LogP contribution in [0.5, 0.6) is 11.5 Å². The Hall–Kier alpha value is -9.96. The molecule has 1 N–H and O–H groups in total. The summed E-state index contributed by atoms with van der Waals surface area (Å²) in [6.07, 6.45) is 15.2. The van der Waals surface area contributed by atoms with Crippen LogP contribution >= 0.6 is 0 Å². The van der Waals surface area contributed by atoms with Gasteiger partial charge in [-0.3, -0.25) is 43.0 Å². The van der Waals surface area contributed by atoms with Gasteiger partial charge in [0, 0.05) is 166 Å². The molecule has 8 heterocycles. The summed E-state index contributed by atoms with van der Waals surface area (Å²) in [4.78, 5) is 76.5. The van der Waals surface area contributed by atoms with Crippen LogP contribution in [0.2, 0.25) is 25.7 Å². The van der Waals surface area contributed by atoms with Crippen LogP contribution in [0.25, 0.3) is 44.1 Å². The van der Waals surface area contributed by atoms with Crippen molar-refractivity contribution in [2.45, 2.75) is 111 Å². The number of piperazine rings is 2. The van der Waals surface area contributed by atoms with Crippen molar-refractivity contribution in [3.05, 3.63) is 176 Å². The van der Waals surface area contributed by atoms with E-state index in [0.29, 0.717) is 110 Å². The molecule has 12 rings (SSSR count). The molecular formula is C68H78F4N16O7Si. The van der Waals surface area contributed by atoms with E-state index < -0.39 is 21.3 Å². The predicted octanol–water partition coefficient (Wildman–Crippen LogP) is 9.42. The van der Waals surface area contributed by atoms with Gasteiger partial charge in [-0.05, 0) is 102 Å². The number of nitrogens with zero attached hydrogens (tertiary/aromatic N) is 15. The van der Waals surface area contributed by atoms with Crippen molar-refractivity contribution in [3.8, 4) is 33.8 Å². The molecule has 0 aliphatic carbocycles. The zero-order valence-electron chi connectivity index (χ0n) is 55.1. The normalized spacial score (nSPS) is 15.3. The second-order valence-corrected chi connectivity index (χ2v) is 31.3. The summed E-state index contributed by atoms with van der Waals surface area (Å²) in [7, 11) is 2.12. The first-order chi connectivity index (χ1) is 45.9. The predicted molar refractivity (Wildman–Crippen MR) is 359 cm³/mol. The van der Waals surface area contributed by atoms with Gasteiger partial charge in [-0.2, -0.15) is 27.8 Å². The fourth-order valence-electron chi connectivity index (χ4n) is 12.4. The van der Waals surface area contributed by atoms with E-state index in [0.717, 1.165) is 50.6 Å². The Morgan fingerprint density at radius 2 is 1.06 bits per heavy atom. The minimum atomic E-state index is -3.01. The monoisotopic (exact) mass is 1330 g/mol. The molecule has 0 saturated carbocycles. The summed E-state index contributed by atoms with van der Waals surface area (Å²) in [6, 6.07) is 22.4. The number of aromatic amines is 1. The topological polar surface area (TPSA) is 227 Å². The third-order valence-electron chi connectivity index (χ3n) is 17.5. The summed E-state index contributed by atoms with van der Waals surface area (Å²) < 4.78 is 77.5. The molecule has 2 fully saturated rings. The molecule has 96 heavy (non-hydrogen) atoms. The molecule has 2 aliphatic rings. The fourth-order valence-corrected chi connectivity index (χ4v) is 13.2. The van der Waals surface area contributed by atoms with Gasteiger partial charge in [0.1, 0.15) is 18.2 Å². The average molecular weight is 1340 g/mol. The lowest BCUT2D eigenvalue weighted by molar-refractivity contribution is -0.132. The summed E-state index contributed by atoms with van der Waals surface area (Å²) in [5.41, 5.74) is 8.66. The zero-order valence-corrected chi connectivity index (χ0v) is 56.1. The Morgan fingerprint density at radius 3 is 1.48 bits per heavy atom. The van der Waals surface area contributed by atoms with E-state index in [1.54, 1.807) is 116 Å². The van der Waals surface area contributed by atoms with Gasteiger partial charge in [0.05, 0.1) is 47.3 Å². The molecule has 28 heteroatoms. The third kappa shape index (κ3) is 15.7. The van der Waals surface area contributed by atoms with Gasteiger partial charge in [0.25, 0.3) is 11.1 Å². The van der Waals surface area contributed by atoms with Crippen LogP contribution in [0.4, 0.5) is 29.5 Å². The van der Waals surface area contributed by atoms with Crippen LogP contribution in [-0.2, 0) is 61.1 Å². The van der Waals surface area contributed by atoms with E-state index in [-0.39, 0.29) is 59.6 Å². The minimum absolute atomic E-state index is 0.0399. The number of carbonyl (C=O) groups excluding carboxylic acids is 2. The maximum Gasteiger partial charge on any atom is 0.387 e. The van der Waals surface area contributed by atoms with Gasteiger partial charge >= 0.3 is 13.2 Å². The number of hydrogen-bond acceptors (Lipinski definition) is 15. The van der Waals surface area contributed by atoms with Gasteiger partial charge in [0.2, 0.25) is 23.7 Å². The number of nitrogens with one attached hydrogen (secondary N) is 1. The van der Waals surface area contributed by atoms with Crippen molar-refractivity contribution in [2.24, 2.45) is 14.1 Å². The maximum atomic E-state index is 13.5. The largest absolute Gasteiger partial charge is 0.434 e. The molecule has 0 radical (unpaired) electrons. The number of hydrogen-bond donors (Lipinski definition) is 1. The minimum Gasteiger partial charge on any atom is -0.434 e. The van der Waals surface area contributed by atoms with Crippen LogP contribution in [0.1, 0.15) is 61.1 Å². The molecule has 6 aromatic heterocycles. The smallest absolute Gasteiger partial charge is 0.387 e. The van der Waals surface area contributed by atoms with Crippen molar-refractivity contribution < 1.29 is 41.4 Å². The number of carbonyl (C=O) groups is 2. The van der Waals surface area contributed by atoms with Gasteiger partial charge < -0.3 is 33.8 Å². The quantitative estimate of drug-likeness (QED) is 0.0402. The van der Waals surface area contributed by atoms with Gasteiger partial charge in [-0.15, -0.1) is 0 Å². The number of ether oxygens (including phenoxy) is 3. The molecule has 2 aliphatic heterocycles. The number of amides is 2. The first-order valence-electron chi connectivity index (χ1n) is 31.7. The number of halogens is 4. The van der Waals surface area contributed by atoms with Gasteiger partial charge in [0.15, 0.2) is 0 Å². The SMILES string of the molecule is CC(=O)N1CCN(c2ncc(-c3ccc4c(=O)n(C)n(Cc5cc(Cc6cn[nH]c6)ccc5OC(F)F)c4c3)cn2)C[C@H]1C.CC(=O)N1CCN(c2ncc(-c3ccc4c(=O)n(C)n(Cc5cc(Cc6cnn(COCC[Si](C)(C)C)c6)ccc5OC(F)F)c4c3)cn2)C[C@H]1C. The van der Waals surface area contributed by atoms with Crippen molar-refractivity contribution >= 4 is 53.6 Å². The molecule has 0 unspecified atom stereocenters. The van der Waals surface area contributed by atoms with E-state index >= 15 is 0 Å². The maximum absolute atomic E-state index is 13.5. The number of alkyl halides is 4. The van der Waals surface area contributed by atoms with Crippen LogP contribution in [0.3, 0.4) is 0 Å². The van der Waals surface area contributed by atoms with E-state index in [4.69, 9.17) is 14.2 Å². The average Bonchev–Trinajstić information content (AvgIpc) is 1.71. The highest BCUT2D eigenvalue weighted by Gasteiger charge is 2.29. The van der Waals surface area contributed by atoms with Crippen molar-refractivity contribution in [3.63, 3.8) is 0 Å². The van der Waals surface area contributed by atoms with Crippen molar-refractivity contribution in [1.82, 2.24) is 68.4 Å². The molecule has 504 valence electrons. The van der Waals surface area contributed by atoms with Crippen molar-refractivity contribution in [1.29, 1.82) is 0 Å². The Bertz CT molecular complexity index is 4510. The Morgan fingerprint density at radius 1 is 0.594 bits per heavy atom. The highest BCUT2D eigenvalue weighted by Crippen LogP contribution is 2.32. The first kappa shape index (κ1) is 67.5. The Kier molecular flexibility index (Phi) is 20.3. The molecule has 2 amide bonds. The Balaban J connectivity index is 0.000000198. The zero-order chi connectivity index (χ0) is 68.1. The Labute approximate surface area is 552 Å². The van der Waals surface area contributed by atoms with Gasteiger partial charge in [-0.1, -0.05) is 43.9 Å². The highest BCUT2D eigenvalue weighted by atomic mass is 28.3. The van der Waals surface area contributed by atoms with E-state index in [2.05, 4.69) is 64.7 Å². The number of benzene rings is 4. The number of fused-ring (bicyclic) bond motifs is 2. The molecule has 23 nitrogen and oxygen atoms in total. The number of rotatable bonds is 21. The second kappa shape index (κ2) is 28.9. The van der Waals surface area contributed by atoms with E-state index in [9.17, 15) is 36.7 Å². The van der Waals surface area contributed by atoms with Crippen LogP contribution < -0.4 is 30.4 Å². The molecule has 4 aromatic carbocycles. The lowest BCUT2D eigenvalue weighted by Gasteiger charge is -2.39. The van der Waals surface area contributed by atoms with Crippen LogP contribution in [0, 0.1) is 0 Å². The summed E-state index contributed by atoms with van der Waals surface area (Å²) in [5, 5.41) is 12.2. The number of aromatic nitrogens is 12. The molecule has 0 bridgehead atoms. The fraction of sp³-hybridized carbons (Fsp3) is 0.382. The third-order valence-corrected chi connectivity index (χ3v) is 19.2. The summed E-state index contributed by atoms with van der Waals surface area (Å²) in [5.74, 6) is 1.37. The van der Waals surface area contributed by atoms with Gasteiger partial charge in [-0.25, -0.2) is 24.6 Å². The second-order valence-electron chi connectivity index (χ2n) is 25.6. The van der Waals surface area contributed by atoms with E-state index in [1.807, 2.05) is 66.2 Å². The summed E-state index contributed by atoms with van der Waals surface area (Å²) in [6.45, 7) is 13.2. The molecule has 2 atom stereocenters. The molecule has 0 spiro atoms. The number of anilines is 2. The lowest BCUT2D eigenvalue weighted by atomic mass is 10.0. The van der Waals surface area contributed by atoms with Crippen LogP contribution in [-0.4, -0.2) is 160 Å². The standard InChI is InChI=1S/C37H46F2N8O4Si.C31H32F2N8O3/c1-25-21-44(11-12-46(25)26(2)48)37-40-19-31(20-41-37)29-8-9-32-33(17-29)47(43(3)35(32)49)23-30-16-27(7-10-34(30)51-36(38)39)15-28-18-42-45(22-28)24-50-13-14-52(4,5)6;1-19-17-39(8-9-40(19)20(2)42)31-34-15-25(16-35-31)23-5-6-26-27(12-23)41(38(3)29(26)43)18-24-11-21(10-22-13-36-37-14-22)4-7-28(24)44-30(32)33/h7-10,16-20,22,25,36H,11-15,21,23-24H2,1-6H3;4-7,11-16,19,30H,8-10,17-18H2,1-3H3,(H,36,37)/t25-;19-/m11/s1.